The van der Waals surface area contributed by atoms with E-state index in [2.05, 4.69) is 33.0 Å². The Hall–Kier alpha value is -1.36. The summed E-state index contributed by atoms with van der Waals surface area (Å²) >= 11 is 0. The highest BCUT2D eigenvalue weighted by atomic mass is 16.2. The van der Waals surface area contributed by atoms with Crippen molar-refractivity contribution in [1.82, 2.24) is 15.1 Å². The lowest BCUT2D eigenvalue weighted by molar-refractivity contribution is -0.149. The van der Waals surface area contributed by atoms with Crippen molar-refractivity contribution < 1.29 is 9.59 Å². The van der Waals surface area contributed by atoms with Gasteiger partial charge in [-0.15, -0.1) is 0 Å². The number of allylic oxidation sites excluding steroid dienone is 1. The molecule has 2 aliphatic rings. The fraction of sp³-hybridized carbons (Fsp3) is 0.833. The second kappa shape index (κ2) is 11.1. The number of piperazine rings is 1. The highest BCUT2D eigenvalue weighted by Crippen LogP contribution is 2.26. The Bertz CT molecular complexity index is 573. The molecule has 2 atom stereocenters. The summed E-state index contributed by atoms with van der Waals surface area (Å²) < 4.78 is 0. The van der Waals surface area contributed by atoms with Gasteiger partial charge in [0.2, 0.25) is 11.8 Å². The van der Waals surface area contributed by atoms with Crippen molar-refractivity contribution in [1.29, 1.82) is 0 Å². The average Bonchev–Trinajstić information content (AvgIpc) is 2.66. The molecular formula is C24H43N3O2. The lowest BCUT2D eigenvalue weighted by Gasteiger charge is -2.41. The lowest BCUT2D eigenvalue weighted by atomic mass is 9.89. The molecule has 0 saturated carbocycles. The number of nitrogens with zero attached hydrogens (tertiary/aromatic N) is 2. The maximum absolute atomic E-state index is 13.5. The minimum absolute atomic E-state index is 0.0447. The van der Waals surface area contributed by atoms with E-state index in [1.165, 1.54) is 12.8 Å². The molecule has 0 radical (unpaired) electrons. The van der Waals surface area contributed by atoms with E-state index in [-0.39, 0.29) is 23.9 Å². The number of hydrogen-bond donors (Lipinski definition) is 1. The monoisotopic (exact) mass is 405 g/mol. The second-order valence-corrected chi connectivity index (χ2v) is 10.1. The maximum Gasteiger partial charge on any atom is 0.245 e. The number of carbonyl (C=O) groups excluding carboxylic acids is 2. The van der Waals surface area contributed by atoms with Crippen LogP contribution in [0.25, 0.3) is 0 Å². The quantitative estimate of drug-likeness (QED) is 0.624. The summed E-state index contributed by atoms with van der Waals surface area (Å²) in [6, 6.07) is -0.636. The highest BCUT2D eigenvalue weighted by Gasteiger charge is 2.38. The summed E-state index contributed by atoms with van der Waals surface area (Å²) in [4.78, 5) is 30.5. The van der Waals surface area contributed by atoms with Gasteiger partial charge in [0.25, 0.3) is 0 Å². The normalized spacial score (nSPS) is 22.3. The van der Waals surface area contributed by atoms with Gasteiger partial charge >= 0.3 is 0 Å². The van der Waals surface area contributed by atoms with E-state index in [9.17, 15) is 9.59 Å². The molecule has 2 amide bonds. The molecule has 2 saturated heterocycles. The van der Waals surface area contributed by atoms with E-state index in [1.807, 2.05) is 29.7 Å². The topological polar surface area (TPSA) is 52.7 Å². The van der Waals surface area contributed by atoms with Gasteiger partial charge < -0.3 is 15.1 Å². The molecular weight excluding hydrogens is 362 g/mol. The van der Waals surface area contributed by atoms with Gasteiger partial charge in [-0.2, -0.15) is 0 Å². The smallest absolute Gasteiger partial charge is 0.245 e. The molecule has 2 heterocycles. The Kier molecular flexibility index (Phi) is 9.19. The summed E-state index contributed by atoms with van der Waals surface area (Å²) in [5, 5.41) is 3.29. The predicted molar refractivity (Wildman–Crippen MR) is 120 cm³/mol. The van der Waals surface area contributed by atoms with E-state index < -0.39 is 0 Å². The third-order valence-electron chi connectivity index (χ3n) is 6.20. The molecule has 0 aromatic carbocycles. The second-order valence-electron chi connectivity index (χ2n) is 10.1. The summed E-state index contributed by atoms with van der Waals surface area (Å²) in [6.45, 7) is 15.9. The molecule has 5 heteroatoms. The molecule has 2 rings (SSSR count). The van der Waals surface area contributed by atoms with Gasteiger partial charge in [0.1, 0.15) is 12.1 Å². The van der Waals surface area contributed by atoms with Crippen molar-refractivity contribution in [2.75, 3.05) is 26.2 Å². The summed E-state index contributed by atoms with van der Waals surface area (Å²) in [5.41, 5.74) is 1.12. The van der Waals surface area contributed by atoms with Gasteiger partial charge in [0.05, 0.1) is 0 Å². The SMILES string of the molecule is CC(C)=C[C@@H]1NCCN([C@@H](CC(C)C)C(=O)N2CCC(CCC(C)C)CC2)C1=O. The van der Waals surface area contributed by atoms with Gasteiger partial charge in [-0.3, -0.25) is 9.59 Å². The van der Waals surface area contributed by atoms with Crippen LogP contribution in [0.2, 0.25) is 0 Å². The summed E-state index contributed by atoms with van der Waals surface area (Å²) in [5.74, 6) is 2.07. The van der Waals surface area contributed by atoms with Crippen molar-refractivity contribution in [3.63, 3.8) is 0 Å². The molecule has 0 aromatic rings. The van der Waals surface area contributed by atoms with E-state index >= 15 is 0 Å². The van der Waals surface area contributed by atoms with Crippen LogP contribution in [0.15, 0.2) is 11.6 Å². The van der Waals surface area contributed by atoms with Crippen molar-refractivity contribution >= 4 is 11.8 Å². The zero-order chi connectivity index (χ0) is 21.6. The molecule has 2 fully saturated rings. The number of amides is 2. The number of piperidine rings is 1. The Morgan fingerprint density at radius 1 is 1.10 bits per heavy atom. The van der Waals surface area contributed by atoms with Crippen molar-refractivity contribution in [2.45, 2.75) is 85.7 Å². The molecule has 1 N–H and O–H groups in total. The van der Waals surface area contributed by atoms with Gasteiger partial charge in [0, 0.05) is 26.2 Å². The number of carbonyl (C=O) groups is 2. The zero-order valence-electron chi connectivity index (χ0n) is 19.5. The number of hydrogen-bond acceptors (Lipinski definition) is 3. The summed E-state index contributed by atoms with van der Waals surface area (Å²) in [7, 11) is 0. The average molecular weight is 406 g/mol. The Morgan fingerprint density at radius 3 is 2.31 bits per heavy atom. The largest absolute Gasteiger partial charge is 0.341 e. The van der Waals surface area contributed by atoms with Crippen LogP contribution in [0.4, 0.5) is 0 Å². The Labute approximate surface area is 178 Å². The third kappa shape index (κ3) is 7.13. The molecule has 5 nitrogen and oxygen atoms in total. The minimum atomic E-state index is -0.329. The van der Waals surface area contributed by atoms with E-state index in [1.54, 1.807) is 0 Å². The third-order valence-corrected chi connectivity index (χ3v) is 6.20. The number of nitrogens with one attached hydrogen (secondary N) is 1. The molecule has 166 valence electrons. The number of likely N-dealkylation sites (tertiary alicyclic amines) is 1. The minimum Gasteiger partial charge on any atom is -0.341 e. The Balaban J connectivity index is 2.05. The van der Waals surface area contributed by atoms with Gasteiger partial charge in [-0.25, -0.2) is 0 Å². The van der Waals surface area contributed by atoms with Gasteiger partial charge in [0.15, 0.2) is 0 Å². The maximum atomic E-state index is 13.5. The van der Waals surface area contributed by atoms with E-state index in [0.717, 1.165) is 56.3 Å². The lowest BCUT2D eigenvalue weighted by Crippen LogP contribution is -2.61. The van der Waals surface area contributed by atoms with Crippen LogP contribution in [0.3, 0.4) is 0 Å². The van der Waals surface area contributed by atoms with Crippen LogP contribution in [-0.4, -0.2) is 59.9 Å². The zero-order valence-corrected chi connectivity index (χ0v) is 19.5. The van der Waals surface area contributed by atoms with Crippen LogP contribution in [0.5, 0.6) is 0 Å². The van der Waals surface area contributed by atoms with Crippen LogP contribution >= 0.6 is 0 Å². The van der Waals surface area contributed by atoms with Gasteiger partial charge in [-0.05, 0) is 50.9 Å². The molecule has 0 spiro atoms. The fourth-order valence-electron chi connectivity index (χ4n) is 4.52. The Morgan fingerprint density at radius 2 is 1.76 bits per heavy atom. The molecule has 29 heavy (non-hydrogen) atoms. The first kappa shape index (κ1) is 23.9. The first-order valence-electron chi connectivity index (χ1n) is 11.7. The van der Waals surface area contributed by atoms with Gasteiger partial charge in [-0.1, -0.05) is 52.2 Å². The van der Waals surface area contributed by atoms with Crippen LogP contribution in [-0.2, 0) is 9.59 Å². The molecule has 0 aromatic heterocycles. The van der Waals surface area contributed by atoms with E-state index in [4.69, 9.17) is 0 Å². The van der Waals surface area contributed by atoms with Crippen molar-refractivity contribution in [2.24, 2.45) is 17.8 Å². The predicted octanol–water partition coefficient (Wildman–Crippen LogP) is 3.84. The van der Waals surface area contributed by atoms with Crippen molar-refractivity contribution in [3.05, 3.63) is 11.6 Å². The number of rotatable bonds is 8. The standard InChI is InChI=1S/C24H43N3O2/c1-17(2)7-8-20-9-12-26(13-10-20)24(29)22(16-19(5)6)27-14-11-25-21(23(27)28)15-18(3)4/h15,17,19-22,25H,7-14,16H2,1-6H3/t21-,22-/m0/s1. The molecule has 2 aliphatic heterocycles. The molecule has 0 aliphatic carbocycles. The van der Waals surface area contributed by atoms with Crippen LogP contribution < -0.4 is 5.32 Å². The van der Waals surface area contributed by atoms with Crippen molar-refractivity contribution in [3.8, 4) is 0 Å². The first-order valence-corrected chi connectivity index (χ1v) is 11.7. The summed E-state index contributed by atoms with van der Waals surface area (Å²) in [6.07, 6.45) is 7.46. The molecule has 0 bridgehead atoms. The van der Waals surface area contributed by atoms with Crippen LogP contribution in [0.1, 0.15) is 73.6 Å². The first-order chi connectivity index (χ1) is 13.7. The van der Waals surface area contributed by atoms with Crippen LogP contribution in [0, 0.1) is 17.8 Å². The highest BCUT2D eigenvalue weighted by molar-refractivity contribution is 5.91. The van der Waals surface area contributed by atoms with E-state index in [0.29, 0.717) is 12.5 Å². The fourth-order valence-corrected chi connectivity index (χ4v) is 4.52. The molecule has 0 unspecified atom stereocenters.